The number of rotatable bonds is 5. The Morgan fingerprint density at radius 2 is 2.17 bits per heavy atom. The van der Waals surface area contributed by atoms with Crippen molar-refractivity contribution >= 4 is 34.1 Å². The van der Waals surface area contributed by atoms with E-state index in [1.54, 1.807) is 5.38 Å². The predicted octanol–water partition coefficient (Wildman–Crippen LogP) is 2.15. The molecule has 1 aromatic carbocycles. The van der Waals surface area contributed by atoms with E-state index < -0.39 is 6.04 Å². The van der Waals surface area contributed by atoms with E-state index in [1.165, 1.54) is 23.1 Å². The second kappa shape index (κ2) is 7.25. The molecule has 1 fully saturated rings. The summed E-state index contributed by atoms with van der Waals surface area (Å²) < 4.78 is 0. The first-order valence-electron chi connectivity index (χ1n) is 7.36. The standard InChI is InChI=1S/C16H17N3O2S2/c17-11(8-10-4-2-1-3-5-10)15-19-13(9-23-15)14(20)18-12-6-7-22-16(12)21/h1-5,9,11-12H,6-8,17H2,(H,18,20). The number of hydrogen-bond donors (Lipinski definition) is 2. The third kappa shape index (κ3) is 3.99. The Bertz CT molecular complexity index is 702. The molecule has 1 aliphatic heterocycles. The molecule has 0 spiro atoms. The number of nitrogens with two attached hydrogens (primary N) is 1. The number of amides is 1. The lowest BCUT2D eigenvalue weighted by Crippen LogP contribution is -2.37. The van der Waals surface area contributed by atoms with Gasteiger partial charge < -0.3 is 11.1 Å². The Balaban J connectivity index is 1.63. The zero-order valence-corrected chi connectivity index (χ0v) is 14.0. The summed E-state index contributed by atoms with van der Waals surface area (Å²) in [6.45, 7) is 0. The highest BCUT2D eigenvalue weighted by molar-refractivity contribution is 8.14. The van der Waals surface area contributed by atoms with Crippen molar-refractivity contribution in [2.45, 2.75) is 24.9 Å². The summed E-state index contributed by atoms with van der Waals surface area (Å²) >= 11 is 2.64. The topological polar surface area (TPSA) is 85.1 Å². The first kappa shape index (κ1) is 16.2. The summed E-state index contributed by atoms with van der Waals surface area (Å²) in [5, 5.41) is 5.19. The molecule has 120 valence electrons. The van der Waals surface area contributed by atoms with Crippen molar-refractivity contribution in [1.29, 1.82) is 0 Å². The van der Waals surface area contributed by atoms with Gasteiger partial charge in [0.2, 0.25) is 5.12 Å². The molecule has 1 saturated heterocycles. The fourth-order valence-electron chi connectivity index (χ4n) is 2.38. The van der Waals surface area contributed by atoms with Crippen LogP contribution in [0.2, 0.25) is 0 Å². The molecular weight excluding hydrogens is 330 g/mol. The number of carbonyl (C=O) groups is 2. The SMILES string of the molecule is NC(Cc1ccccc1)c1nc(C(=O)NC2CCSC2=O)cs1. The molecule has 2 aromatic rings. The van der Waals surface area contributed by atoms with Gasteiger partial charge in [-0.1, -0.05) is 42.1 Å². The molecule has 1 aromatic heterocycles. The van der Waals surface area contributed by atoms with Crippen molar-refractivity contribution in [1.82, 2.24) is 10.3 Å². The van der Waals surface area contributed by atoms with Crippen molar-refractivity contribution < 1.29 is 9.59 Å². The van der Waals surface area contributed by atoms with E-state index in [2.05, 4.69) is 10.3 Å². The highest BCUT2D eigenvalue weighted by Gasteiger charge is 2.28. The van der Waals surface area contributed by atoms with Crippen LogP contribution in [0, 0.1) is 0 Å². The van der Waals surface area contributed by atoms with E-state index >= 15 is 0 Å². The smallest absolute Gasteiger partial charge is 0.271 e. The molecule has 0 saturated carbocycles. The van der Waals surface area contributed by atoms with E-state index in [0.717, 1.165) is 16.3 Å². The fraction of sp³-hybridized carbons (Fsp3) is 0.312. The van der Waals surface area contributed by atoms with Crippen molar-refractivity contribution in [2.24, 2.45) is 5.73 Å². The van der Waals surface area contributed by atoms with Gasteiger partial charge in [0.15, 0.2) is 0 Å². The Morgan fingerprint density at radius 3 is 2.87 bits per heavy atom. The van der Waals surface area contributed by atoms with Crippen LogP contribution in [0.5, 0.6) is 0 Å². The second-order valence-electron chi connectivity index (χ2n) is 5.35. The maximum Gasteiger partial charge on any atom is 0.271 e. The van der Waals surface area contributed by atoms with Gasteiger partial charge in [-0.3, -0.25) is 9.59 Å². The quantitative estimate of drug-likeness (QED) is 0.866. The first-order valence-corrected chi connectivity index (χ1v) is 9.22. The molecule has 2 heterocycles. The molecule has 7 heteroatoms. The average molecular weight is 347 g/mol. The molecule has 3 rings (SSSR count). The lowest BCUT2D eigenvalue weighted by molar-refractivity contribution is -0.112. The Hall–Kier alpha value is -1.70. The highest BCUT2D eigenvalue weighted by atomic mass is 32.2. The van der Waals surface area contributed by atoms with Crippen molar-refractivity contribution in [2.75, 3.05) is 5.75 Å². The molecule has 2 atom stereocenters. The van der Waals surface area contributed by atoms with Gasteiger partial charge in [-0.2, -0.15) is 0 Å². The summed E-state index contributed by atoms with van der Waals surface area (Å²) in [5.74, 6) is 0.453. The van der Waals surface area contributed by atoms with Crippen LogP contribution in [-0.2, 0) is 11.2 Å². The number of nitrogens with zero attached hydrogens (tertiary/aromatic N) is 1. The van der Waals surface area contributed by atoms with Crippen LogP contribution in [-0.4, -0.2) is 27.8 Å². The van der Waals surface area contributed by atoms with Gasteiger partial charge in [0.05, 0.1) is 12.1 Å². The number of hydrogen-bond acceptors (Lipinski definition) is 6. The Morgan fingerprint density at radius 1 is 1.39 bits per heavy atom. The van der Waals surface area contributed by atoms with Crippen LogP contribution in [0.1, 0.15) is 33.5 Å². The minimum atomic E-state index is -0.393. The monoisotopic (exact) mass is 347 g/mol. The van der Waals surface area contributed by atoms with E-state index in [4.69, 9.17) is 5.73 Å². The molecule has 2 unspecified atom stereocenters. The maximum atomic E-state index is 12.2. The number of thiazole rings is 1. The minimum Gasteiger partial charge on any atom is -0.340 e. The predicted molar refractivity (Wildman–Crippen MR) is 92.5 cm³/mol. The second-order valence-corrected chi connectivity index (χ2v) is 7.34. The normalized spacial score (nSPS) is 18.8. The number of carbonyl (C=O) groups excluding carboxylic acids is 2. The molecule has 3 N–H and O–H groups in total. The first-order chi connectivity index (χ1) is 11.1. The summed E-state index contributed by atoms with van der Waals surface area (Å²) in [6, 6.07) is 9.31. The van der Waals surface area contributed by atoms with Gasteiger partial charge in [-0.25, -0.2) is 4.98 Å². The average Bonchev–Trinajstić information content (AvgIpc) is 3.18. The van der Waals surface area contributed by atoms with E-state index in [1.807, 2.05) is 30.3 Å². The van der Waals surface area contributed by atoms with Crippen molar-refractivity contribution in [3.8, 4) is 0 Å². The van der Waals surface area contributed by atoms with Gasteiger partial charge in [0, 0.05) is 11.1 Å². The summed E-state index contributed by atoms with van der Waals surface area (Å²) in [4.78, 5) is 28.1. The lowest BCUT2D eigenvalue weighted by atomic mass is 10.1. The van der Waals surface area contributed by atoms with Crippen LogP contribution in [0.4, 0.5) is 0 Å². The van der Waals surface area contributed by atoms with Gasteiger partial charge in [0.25, 0.3) is 5.91 Å². The molecular formula is C16H17N3O2S2. The van der Waals surface area contributed by atoms with E-state index in [9.17, 15) is 9.59 Å². The van der Waals surface area contributed by atoms with Gasteiger partial charge in [-0.05, 0) is 18.4 Å². The number of nitrogens with one attached hydrogen (secondary N) is 1. The fourth-order valence-corrected chi connectivity index (χ4v) is 4.11. The molecule has 23 heavy (non-hydrogen) atoms. The zero-order valence-electron chi connectivity index (χ0n) is 12.4. The van der Waals surface area contributed by atoms with Crippen LogP contribution in [0.3, 0.4) is 0 Å². The minimum absolute atomic E-state index is 0.0228. The van der Waals surface area contributed by atoms with Crippen molar-refractivity contribution in [3.63, 3.8) is 0 Å². The number of benzene rings is 1. The van der Waals surface area contributed by atoms with Crippen LogP contribution in [0.25, 0.3) is 0 Å². The molecule has 1 aliphatic rings. The zero-order chi connectivity index (χ0) is 16.2. The Kier molecular flexibility index (Phi) is 5.09. The van der Waals surface area contributed by atoms with E-state index in [-0.39, 0.29) is 17.1 Å². The van der Waals surface area contributed by atoms with Crippen LogP contribution >= 0.6 is 23.1 Å². The van der Waals surface area contributed by atoms with Gasteiger partial charge in [-0.15, -0.1) is 11.3 Å². The van der Waals surface area contributed by atoms with Crippen molar-refractivity contribution in [3.05, 3.63) is 52.0 Å². The largest absolute Gasteiger partial charge is 0.340 e. The third-order valence-electron chi connectivity index (χ3n) is 3.61. The van der Waals surface area contributed by atoms with Crippen LogP contribution in [0.15, 0.2) is 35.7 Å². The number of thioether (sulfide) groups is 1. The molecule has 0 aliphatic carbocycles. The molecule has 0 bridgehead atoms. The molecule has 1 amide bonds. The maximum absolute atomic E-state index is 12.2. The van der Waals surface area contributed by atoms with Crippen LogP contribution < -0.4 is 11.1 Å². The van der Waals surface area contributed by atoms with E-state index in [0.29, 0.717) is 18.5 Å². The lowest BCUT2D eigenvalue weighted by Gasteiger charge is -2.09. The Labute approximate surface area is 142 Å². The van der Waals surface area contributed by atoms with Gasteiger partial charge in [0.1, 0.15) is 10.7 Å². The summed E-state index contributed by atoms with van der Waals surface area (Å²) in [7, 11) is 0. The third-order valence-corrected chi connectivity index (χ3v) is 5.60. The summed E-state index contributed by atoms with van der Waals surface area (Å²) in [5.41, 5.74) is 7.65. The number of aromatic nitrogens is 1. The molecule has 5 nitrogen and oxygen atoms in total. The summed E-state index contributed by atoms with van der Waals surface area (Å²) in [6.07, 6.45) is 1.35. The molecule has 0 radical (unpaired) electrons. The highest BCUT2D eigenvalue weighted by Crippen LogP contribution is 2.22. The van der Waals surface area contributed by atoms with Gasteiger partial charge >= 0.3 is 0 Å².